The molecule has 1 aromatic rings. The van der Waals surface area contributed by atoms with E-state index in [9.17, 15) is 9.59 Å². The molecule has 78 valence electrons. The van der Waals surface area contributed by atoms with E-state index in [0.717, 1.165) is 0 Å². The van der Waals surface area contributed by atoms with Crippen LogP contribution in [0.1, 0.15) is 22.8 Å². The third kappa shape index (κ3) is 1.70. The second kappa shape index (κ2) is 3.73. The molecular weight excluding hydrogens is 196 g/mol. The van der Waals surface area contributed by atoms with Crippen LogP contribution >= 0.6 is 0 Å². The first-order valence-electron chi connectivity index (χ1n) is 4.72. The number of benzene rings is 1. The van der Waals surface area contributed by atoms with E-state index in [-0.39, 0.29) is 12.4 Å². The van der Waals surface area contributed by atoms with Crippen molar-refractivity contribution in [3.8, 4) is 5.75 Å². The van der Waals surface area contributed by atoms with Crippen molar-refractivity contribution in [3.05, 3.63) is 29.3 Å². The van der Waals surface area contributed by atoms with Gasteiger partial charge in [-0.25, -0.2) is 4.79 Å². The summed E-state index contributed by atoms with van der Waals surface area (Å²) >= 11 is 0. The molecule has 0 saturated heterocycles. The Morgan fingerprint density at radius 3 is 3.07 bits per heavy atom. The molecule has 0 aliphatic carbocycles. The minimum atomic E-state index is -0.410. The standard InChI is InChI=1S/C11H10O4/c1-2-14-11(13)7-4-3-5-9-8(7)6-10(12)15-9/h3-5H,2,6H2,1H3. The largest absolute Gasteiger partial charge is 0.462 e. The first-order valence-corrected chi connectivity index (χ1v) is 4.72. The predicted molar refractivity (Wildman–Crippen MR) is 51.7 cm³/mol. The quantitative estimate of drug-likeness (QED) is 0.541. The van der Waals surface area contributed by atoms with Crippen LogP contribution in [0.4, 0.5) is 0 Å². The Morgan fingerprint density at radius 1 is 1.53 bits per heavy atom. The van der Waals surface area contributed by atoms with Gasteiger partial charge in [-0.05, 0) is 19.1 Å². The van der Waals surface area contributed by atoms with Gasteiger partial charge >= 0.3 is 11.9 Å². The van der Waals surface area contributed by atoms with E-state index in [2.05, 4.69) is 0 Å². The SMILES string of the molecule is CCOC(=O)c1cccc2c1CC(=O)O2. The molecule has 0 unspecified atom stereocenters. The van der Waals surface area contributed by atoms with Crippen LogP contribution in [0.5, 0.6) is 5.75 Å². The fraction of sp³-hybridized carbons (Fsp3) is 0.273. The molecule has 0 spiro atoms. The Balaban J connectivity index is 2.38. The summed E-state index contributed by atoms with van der Waals surface area (Å²) in [5.41, 5.74) is 1.04. The van der Waals surface area contributed by atoms with Crippen LogP contribution in [0.15, 0.2) is 18.2 Å². The van der Waals surface area contributed by atoms with Crippen molar-refractivity contribution in [1.29, 1.82) is 0 Å². The summed E-state index contributed by atoms with van der Waals surface area (Å²) in [6.07, 6.45) is 0.143. The highest BCUT2D eigenvalue weighted by Gasteiger charge is 2.26. The minimum absolute atomic E-state index is 0.143. The van der Waals surface area contributed by atoms with Gasteiger partial charge in [-0.3, -0.25) is 4.79 Å². The average molecular weight is 206 g/mol. The van der Waals surface area contributed by atoms with Gasteiger partial charge in [0.2, 0.25) is 0 Å². The van der Waals surface area contributed by atoms with Crippen LogP contribution in [0.25, 0.3) is 0 Å². The second-order valence-electron chi connectivity index (χ2n) is 3.15. The van der Waals surface area contributed by atoms with Gasteiger partial charge in [0.1, 0.15) is 5.75 Å². The van der Waals surface area contributed by atoms with Crippen molar-refractivity contribution in [2.24, 2.45) is 0 Å². The zero-order valence-electron chi connectivity index (χ0n) is 8.28. The molecule has 1 heterocycles. The molecule has 0 saturated carbocycles. The van der Waals surface area contributed by atoms with E-state index in [0.29, 0.717) is 23.5 Å². The lowest BCUT2D eigenvalue weighted by Crippen LogP contribution is -2.07. The lowest BCUT2D eigenvalue weighted by Gasteiger charge is -2.04. The Morgan fingerprint density at radius 2 is 2.33 bits per heavy atom. The van der Waals surface area contributed by atoms with E-state index in [1.54, 1.807) is 25.1 Å². The van der Waals surface area contributed by atoms with E-state index >= 15 is 0 Å². The number of ether oxygens (including phenoxy) is 2. The van der Waals surface area contributed by atoms with Crippen molar-refractivity contribution < 1.29 is 19.1 Å². The third-order valence-electron chi connectivity index (χ3n) is 2.17. The van der Waals surface area contributed by atoms with Crippen LogP contribution in [-0.2, 0) is 16.0 Å². The summed E-state index contributed by atoms with van der Waals surface area (Å²) in [6.45, 7) is 2.06. The lowest BCUT2D eigenvalue weighted by molar-refractivity contribution is -0.131. The Hall–Kier alpha value is -1.84. The van der Waals surface area contributed by atoms with Gasteiger partial charge in [-0.2, -0.15) is 0 Å². The Bertz CT molecular complexity index is 423. The lowest BCUT2D eigenvalue weighted by atomic mass is 10.1. The fourth-order valence-electron chi connectivity index (χ4n) is 1.55. The number of carbonyl (C=O) groups is 2. The van der Waals surface area contributed by atoms with Crippen LogP contribution in [-0.4, -0.2) is 18.5 Å². The summed E-state index contributed by atoms with van der Waals surface area (Å²) < 4.78 is 9.81. The molecule has 1 aliphatic rings. The van der Waals surface area contributed by atoms with Crippen molar-refractivity contribution in [3.63, 3.8) is 0 Å². The molecule has 0 bridgehead atoms. The number of carbonyl (C=O) groups excluding carboxylic acids is 2. The van der Waals surface area contributed by atoms with Gasteiger partial charge < -0.3 is 9.47 Å². The molecule has 15 heavy (non-hydrogen) atoms. The highest BCUT2D eigenvalue weighted by Crippen LogP contribution is 2.29. The summed E-state index contributed by atoms with van der Waals surface area (Å²) in [5.74, 6) is -0.278. The van der Waals surface area contributed by atoms with Crippen LogP contribution < -0.4 is 4.74 Å². The molecule has 0 N–H and O–H groups in total. The fourth-order valence-corrected chi connectivity index (χ4v) is 1.55. The van der Waals surface area contributed by atoms with Gasteiger partial charge in [0.25, 0.3) is 0 Å². The van der Waals surface area contributed by atoms with Gasteiger partial charge in [0.05, 0.1) is 18.6 Å². The van der Waals surface area contributed by atoms with Gasteiger partial charge in [-0.1, -0.05) is 6.07 Å². The number of hydrogen-bond donors (Lipinski definition) is 0. The predicted octanol–water partition coefficient (Wildman–Crippen LogP) is 1.32. The maximum atomic E-state index is 11.5. The van der Waals surface area contributed by atoms with Crippen molar-refractivity contribution in [1.82, 2.24) is 0 Å². The van der Waals surface area contributed by atoms with E-state index < -0.39 is 5.97 Å². The monoisotopic (exact) mass is 206 g/mol. The first kappa shape index (κ1) is 9.71. The number of fused-ring (bicyclic) bond motifs is 1. The topological polar surface area (TPSA) is 52.6 Å². The average Bonchev–Trinajstić information content (AvgIpc) is 2.57. The molecule has 1 aliphatic heterocycles. The first-order chi connectivity index (χ1) is 7.22. The molecule has 1 aromatic carbocycles. The Labute approximate surface area is 86.8 Å². The van der Waals surface area contributed by atoms with Crippen molar-refractivity contribution in [2.45, 2.75) is 13.3 Å². The zero-order valence-corrected chi connectivity index (χ0v) is 8.28. The molecule has 0 atom stereocenters. The normalized spacial score (nSPS) is 13.3. The zero-order chi connectivity index (χ0) is 10.8. The summed E-state index contributed by atoms with van der Waals surface area (Å²) in [6, 6.07) is 4.98. The number of esters is 2. The molecule has 4 nitrogen and oxygen atoms in total. The maximum Gasteiger partial charge on any atom is 0.338 e. The summed E-state index contributed by atoms with van der Waals surface area (Å²) in [5, 5.41) is 0. The summed E-state index contributed by atoms with van der Waals surface area (Å²) in [4.78, 5) is 22.6. The molecular formula is C11H10O4. The third-order valence-corrected chi connectivity index (χ3v) is 2.17. The molecule has 2 rings (SSSR count). The van der Waals surface area contributed by atoms with Gasteiger partial charge in [-0.15, -0.1) is 0 Å². The van der Waals surface area contributed by atoms with Crippen LogP contribution in [0.2, 0.25) is 0 Å². The number of rotatable bonds is 2. The molecule has 0 radical (unpaired) electrons. The van der Waals surface area contributed by atoms with Crippen LogP contribution in [0.3, 0.4) is 0 Å². The highest BCUT2D eigenvalue weighted by atomic mass is 16.5. The highest BCUT2D eigenvalue weighted by molar-refractivity contribution is 5.95. The molecule has 0 aromatic heterocycles. The van der Waals surface area contributed by atoms with Crippen molar-refractivity contribution >= 4 is 11.9 Å². The van der Waals surface area contributed by atoms with E-state index in [4.69, 9.17) is 9.47 Å². The Kier molecular flexibility index (Phi) is 2.41. The smallest absolute Gasteiger partial charge is 0.338 e. The second-order valence-corrected chi connectivity index (χ2v) is 3.15. The van der Waals surface area contributed by atoms with Crippen LogP contribution in [0, 0.1) is 0 Å². The van der Waals surface area contributed by atoms with Crippen molar-refractivity contribution in [2.75, 3.05) is 6.61 Å². The van der Waals surface area contributed by atoms with Gasteiger partial charge in [0.15, 0.2) is 0 Å². The van der Waals surface area contributed by atoms with E-state index in [1.165, 1.54) is 0 Å². The minimum Gasteiger partial charge on any atom is -0.462 e. The number of hydrogen-bond acceptors (Lipinski definition) is 4. The molecule has 4 heteroatoms. The molecule has 0 amide bonds. The van der Waals surface area contributed by atoms with E-state index in [1.807, 2.05) is 0 Å². The maximum absolute atomic E-state index is 11.5. The van der Waals surface area contributed by atoms with Gasteiger partial charge in [0, 0.05) is 5.56 Å². The summed E-state index contributed by atoms with van der Waals surface area (Å²) in [7, 11) is 0. The molecule has 0 fully saturated rings.